The first-order valence-corrected chi connectivity index (χ1v) is 9.52. The summed E-state index contributed by atoms with van der Waals surface area (Å²) < 4.78 is 22.0. The SMILES string of the molecule is CCOC(C)=O.CCOC(C)=O.CCOC(C)=O.CCOC(C)=O.CCOC(C)=O.O. The van der Waals surface area contributed by atoms with Gasteiger partial charge in [0.05, 0.1) is 33.0 Å². The highest BCUT2D eigenvalue weighted by molar-refractivity contribution is 5.66. The molecule has 0 radical (unpaired) electrons. The number of esters is 5. The van der Waals surface area contributed by atoms with Crippen LogP contribution in [0.5, 0.6) is 0 Å². The van der Waals surface area contributed by atoms with Crippen molar-refractivity contribution >= 4 is 29.8 Å². The predicted octanol–water partition coefficient (Wildman–Crippen LogP) is 2.02. The van der Waals surface area contributed by atoms with Gasteiger partial charge in [0.15, 0.2) is 0 Å². The Kier molecular flexibility index (Phi) is 52.0. The van der Waals surface area contributed by atoms with E-state index in [9.17, 15) is 24.0 Å². The molecule has 0 atom stereocenters. The van der Waals surface area contributed by atoms with E-state index in [1.54, 1.807) is 34.6 Å². The van der Waals surface area contributed by atoms with Gasteiger partial charge in [-0.3, -0.25) is 24.0 Å². The monoisotopic (exact) mass is 458 g/mol. The van der Waals surface area contributed by atoms with Crippen molar-refractivity contribution in [2.45, 2.75) is 69.2 Å². The summed E-state index contributed by atoms with van der Waals surface area (Å²) in [7, 11) is 0. The number of carbonyl (C=O) groups is 5. The Hall–Kier alpha value is -2.69. The molecule has 0 unspecified atom stereocenters. The summed E-state index contributed by atoms with van der Waals surface area (Å²) in [4.78, 5) is 49.1. The quantitative estimate of drug-likeness (QED) is 0.440. The van der Waals surface area contributed by atoms with Crippen LogP contribution in [0.3, 0.4) is 0 Å². The number of rotatable bonds is 5. The van der Waals surface area contributed by atoms with E-state index in [0.717, 1.165) is 0 Å². The van der Waals surface area contributed by atoms with E-state index < -0.39 is 0 Å². The minimum Gasteiger partial charge on any atom is -0.466 e. The van der Waals surface area contributed by atoms with E-state index in [1.807, 2.05) is 0 Å². The Labute approximate surface area is 186 Å². The highest BCUT2D eigenvalue weighted by Crippen LogP contribution is 1.71. The summed E-state index contributed by atoms with van der Waals surface area (Å²) in [5, 5.41) is 0. The summed E-state index contributed by atoms with van der Waals surface area (Å²) in [6, 6.07) is 0. The third-order valence-corrected chi connectivity index (χ3v) is 1.74. The number of hydrogen-bond donors (Lipinski definition) is 0. The van der Waals surface area contributed by atoms with Gasteiger partial charge < -0.3 is 29.2 Å². The molecule has 0 amide bonds. The largest absolute Gasteiger partial charge is 0.466 e. The lowest BCUT2D eigenvalue weighted by molar-refractivity contribution is -0.141. The first-order valence-electron chi connectivity index (χ1n) is 9.52. The van der Waals surface area contributed by atoms with Crippen LogP contribution < -0.4 is 0 Å². The fourth-order valence-electron chi connectivity index (χ4n) is 1.02. The second-order valence-corrected chi connectivity index (χ2v) is 4.62. The normalized spacial score (nSPS) is 7.42. The minimum atomic E-state index is -0.211. The van der Waals surface area contributed by atoms with Crippen molar-refractivity contribution in [3.63, 3.8) is 0 Å². The van der Waals surface area contributed by atoms with E-state index in [4.69, 9.17) is 0 Å². The van der Waals surface area contributed by atoms with Crippen LogP contribution in [0.2, 0.25) is 0 Å². The van der Waals surface area contributed by atoms with Gasteiger partial charge in [0.1, 0.15) is 0 Å². The number of ether oxygens (including phenoxy) is 5. The van der Waals surface area contributed by atoms with Gasteiger partial charge in [-0.05, 0) is 34.6 Å². The minimum absolute atomic E-state index is 0. The smallest absolute Gasteiger partial charge is 0.302 e. The van der Waals surface area contributed by atoms with Crippen LogP contribution in [0.25, 0.3) is 0 Å². The lowest BCUT2D eigenvalue weighted by atomic mass is 10.8. The average molecular weight is 459 g/mol. The van der Waals surface area contributed by atoms with Gasteiger partial charge in [-0.25, -0.2) is 0 Å². The molecule has 0 heterocycles. The lowest BCUT2D eigenvalue weighted by Gasteiger charge is -1.89. The zero-order valence-electron chi connectivity index (χ0n) is 20.6. The summed E-state index contributed by atoms with van der Waals surface area (Å²) in [6.45, 7) is 18.3. The Morgan fingerprint density at radius 3 is 0.484 bits per heavy atom. The van der Waals surface area contributed by atoms with Crippen molar-refractivity contribution < 1.29 is 53.1 Å². The first-order chi connectivity index (χ1) is 13.9. The van der Waals surface area contributed by atoms with Gasteiger partial charge in [-0.1, -0.05) is 0 Å². The molecule has 31 heavy (non-hydrogen) atoms. The topological polar surface area (TPSA) is 163 Å². The molecule has 0 saturated heterocycles. The van der Waals surface area contributed by atoms with E-state index in [1.165, 1.54) is 34.6 Å². The van der Waals surface area contributed by atoms with Crippen molar-refractivity contribution in [2.24, 2.45) is 0 Å². The Balaban J connectivity index is -0.0000000625. The molecule has 0 aliphatic heterocycles. The number of carbonyl (C=O) groups excluding carboxylic acids is 5. The van der Waals surface area contributed by atoms with E-state index in [-0.39, 0.29) is 35.3 Å². The van der Waals surface area contributed by atoms with Crippen LogP contribution in [0, 0.1) is 0 Å². The summed E-state index contributed by atoms with van der Waals surface area (Å²) >= 11 is 0. The maximum atomic E-state index is 9.82. The maximum absolute atomic E-state index is 9.82. The highest BCUT2D eigenvalue weighted by atomic mass is 16.5. The average Bonchev–Trinajstić information content (AvgIpc) is 2.56. The molecular weight excluding hydrogens is 416 g/mol. The third-order valence-electron chi connectivity index (χ3n) is 1.74. The zero-order valence-corrected chi connectivity index (χ0v) is 20.6. The van der Waals surface area contributed by atoms with Gasteiger partial charge in [0.2, 0.25) is 0 Å². The Bertz CT molecular complexity index is 342. The van der Waals surface area contributed by atoms with Crippen molar-refractivity contribution in [3.8, 4) is 0 Å². The highest BCUT2D eigenvalue weighted by Gasteiger charge is 1.83. The van der Waals surface area contributed by atoms with Gasteiger partial charge in [-0.2, -0.15) is 0 Å². The molecular formula is C20H42O11. The molecule has 0 fully saturated rings. The second kappa shape index (κ2) is 38.0. The molecule has 0 aliphatic rings. The fourth-order valence-corrected chi connectivity index (χ4v) is 1.02. The third kappa shape index (κ3) is 115. The van der Waals surface area contributed by atoms with Crippen molar-refractivity contribution in [2.75, 3.05) is 33.0 Å². The Morgan fingerprint density at radius 1 is 0.387 bits per heavy atom. The Morgan fingerprint density at radius 2 is 0.484 bits per heavy atom. The molecule has 11 heteroatoms. The molecule has 11 nitrogen and oxygen atoms in total. The van der Waals surface area contributed by atoms with Crippen LogP contribution in [0.1, 0.15) is 69.2 Å². The van der Waals surface area contributed by atoms with Crippen molar-refractivity contribution in [1.82, 2.24) is 0 Å². The van der Waals surface area contributed by atoms with Gasteiger partial charge in [-0.15, -0.1) is 0 Å². The molecule has 2 N–H and O–H groups in total. The van der Waals surface area contributed by atoms with Crippen LogP contribution in [0.15, 0.2) is 0 Å². The molecule has 0 aromatic carbocycles. The number of hydrogen-bond acceptors (Lipinski definition) is 10. The molecule has 0 aliphatic carbocycles. The first kappa shape index (κ1) is 42.4. The molecule has 0 aromatic heterocycles. The maximum Gasteiger partial charge on any atom is 0.302 e. The standard InChI is InChI=1S/5C4H8O2.H2O/c5*1-3-6-4(2)5;/h5*3H2,1-2H3;1H2. The van der Waals surface area contributed by atoms with Crippen LogP contribution in [-0.2, 0) is 47.7 Å². The van der Waals surface area contributed by atoms with Gasteiger partial charge >= 0.3 is 29.8 Å². The second-order valence-electron chi connectivity index (χ2n) is 4.62. The molecule has 0 aromatic rings. The lowest BCUT2D eigenvalue weighted by Crippen LogP contribution is -1.95. The fraction of sp³-hybridized carbons (Fsp3) is 0.750. The van der Waals surface area contributed by atoms with Gasteiger partial charge in [0, 0.05) is 34.6 Å². The van der Waals surface area contributed by atoms with Crippen LogP contribution in [0.4, 0.5) is 0 Å². The summed E-state index contributed by atoms with van der Waals surface area (Å²) in [6.07, 6.45) is 0. The molecule has 188 valence electrons. The molecule has 0 saturated carbocycles. The predicted molar refractivity (Wildman–Crippen MR) is 115 cm³/mol. The van der Waals surface area contributed by atoms with Crippen molar-refractivity contribution in [1.29, 1.82) is 0 Å². The van der Waals surface area contributed by atoms with Crippen LogP contribution in [-0.4, -0.2) is 68.4 Å². The summed E-state index contributed by atoms with van der Waals surface area (Å²) in [5.74, 6) is -1.05. The molecule has 0 rings (SSSR count). The van der Waals surface area contributed by atoms with E-state index >= 15 is 0 Å². The van der Waals surface area contributed by atoms with E-state index in [0.29, 0.717) is 33.0 Å². The van der Waals surface area contributed by atoms with Gasteiger partial charge in [0.25, 0.3) is 0 Å². The summed E-state index contributed by atoms with van der Waals surface area (Å²) in [5.41, 5.74) is 0. The molecule has 0 bridgehead atoms. The van der Waals surface area contributed by atoms with Crippen molar-refractivity contribution in [3.05, 3.63) is 0 Å². The van der Waals surface area contributed by atoms with Crippen LogP contribution >= 0.6 is 0 Å². The molecule has 0 spiro atoms. The zero-order chi connectivity index (χ0) is 25.0. The van der Waals surface area contributed by atoms with E-state index in [2.05, 4.69) is 23.7 Å².